The standard InChI is InChI=1S/C31H36N3O5/c1-6-20-19-34(27-10-8-7-9-26(27)33(36)37)16-14-21(20)17-28(34)29(39-30(35)31(2,3)4)23-13-15-32-25-12-11-22(38-5)18-24(23)25/h6-13,15,18,20-21,28-29H,1,14,16-17,19H2,2-5H3/q+1/t20-,21-,28+,29+,34-/m0/s1. The molecule has 4 heterocycles. The number of nitro groups is 1. The van der Waals surface area contributed by atoms with Crippen molar-refractivity contribution in [1.82, 2.24) is 9.47 Å². The number of para-hydroxylation sites is 2. The van der Waals surface area contributed by atoms with E-state index in [1.165, 1.54) is 0 Å². The molecule has 8 nitrogen and oxygen atoms in total. The lowest BCUT2D eigenvalue weighted by Gasteiger charge is -2.57. The number of pyridine rings is 1. The number of nitro benzene ring substituents is 1. The smallest absolute Gasteiger partial charge is 0.329 e. The fourth-order valence-corrected chi connectivity index (χ4v) is 6.54. The van der Waals surface area contributed by atoms with Crippen LogP contribution < -0.4 is 9.22 Å². The highest BCUT2D eigenvalue weighted by molar-refractivity contribution is 5.85. The Balaban J connectivity index is 1.75. The molecule has 0 unspecified atom stereocenters. The molecule has 3 aliphatic heterocycles. The van der Waals surface area contributed by atoms with E-state index in [1.54, 1.807) is 25.4 Å². The number of fused-ring (bicyclic) bond motifs is 4. The number of ether oxygens (including phenoxy) is 2. The number of piperidine rings is 3. The molecule has 0 saturated carbocycles. The third-order valence-corrected chi connectivity index (χ3v) is 8.57. The van der Waals surface area contributed by atoms with Gasteiger partial charge in [0.15, 0.2) is 6.10 Å². The number of nitrogens with zero attached hydrogens (tertiary/aromatic N) is 3. The molecule has 3 aromatic rings. The molecular formula is C31H36N3O5+. The number of aromatic nitrogens is 1. The summed E-state index contributed by atoms with van der Waals surface area (Å²) in [7, 11) is 1.62. The van der Waals surface area contributed by atoms with Crippen LogP contribution in [0.3, 0.4) is 0 Å². The first kappa shape index (κ1) is 26.8. The van der Waals surface area contributed by atoms with E-state index in [1.807, 2.05) is 63.2 Å². The SMILES string of the molecule is C=C[C@H]1C[N@+]2(c3ccccc3[N+](=O)[O-])CC[C@H]1C[C@@H]2[C@H](OC(=O)C(C)(C)C)c1ccnc2ccc(OC)cc12. The average molecular weight is 531 g/mol. The molecule has 0 radical (unpaired) electrons. The second-order valence-corrected chi connectivity index (χ2v) is 11.8. The summed E-state index contributed by atoms with van der Waals surface area (Å²) in [6.45, 7) is 11.0. The van der Waals surface area contributed by atoms with Crippen molar-refractivity contribution < 1.29 is 19.2 Å². The van der Waals surface area contributed by atoms with Crippen LogP contribution >= 0.6 is 0 Å². The largest absolute Gasteiger partial charge is 0.497 e. The van der Waals surface area contributed by atoms with Gasteiger partial charge in [0.2, 0.25) is 5.69 Å². The minimum Gasteiger partial charge on any atom is -0.497 e. The minimum atomic E-state index is -0.727. The van der Waals surface area contributed by atoms with Gasteiger partial charge in [-0.3, -0.25) is 24.4 Å². The first-order valence-electron chi connectivity index (χ1n) is 13.5. The minimum absolute atomic E-state index is 0.0906. The second kappa shape index (κ2) is 10.1. The van der Waals surface area contributed by atoms with Gasteiger partial charge in [-0.25, -0.2) is 0 Å². The van der Waals surface area contributed by atoms with Crippen molar-refractivity contribution in [3.05, 3.63) is 83.1 Å². The number of benzene rings is 2. The van der Waals surface area contributed by atoms with E-state index in [2.05, 4.69) is 11.6 Å². The molecule has 3 saturated heterocycles. The number of rotatable bonds is 7. The van der Waals surface area contributed by atoms with Gasteiger partial charge in [0, 0.05) is 48.0 Å². The molecule has 6 rings (SSSR count). The number of hydrogen-bond donors (Lipinski definition) is 0. The van der Waals surface area contributed by atoms with Crippen molar-refractivity contribution in [3.63, 3.8) is 0 Å². The highest BCUT2D eigenvalue weighted by atomic mass is 16.6. The van der Waals surface area contributed by atoms with E-state index in [0.717, 1.165) is 35.9 Å². The third kappa shape index (κ3) is 4.67. The van der Waals surface area contributed by atoms with Crippen LogP contribution in [0.2, 0.25) is 0 Å². The van der Waals surface area contributed by atoms with Crippen molar-refractivity contribution >= 4 is 28.2 Å². The highest BCUT2D eigenvalue weighted by Gasteiger charge is 2.58. The maximum Gasteiger partial charge on any atom is 0.329 e. The van der Waals surface area contributed by atoms with Crippen molar-refractivity contribution in [2.45, 2.75) is 45.8 Å². The third-order valence-electron chi connectivity index (χ3n) is 8.57. The number of esters is 1. The molecule has 1 aromatic heterocycles. The van der Waals surface area contributed by atoms with Gasteiger partial charge in [0.1, 0.15) is 11.8 Å². The number of carbonyl (C=O) groups is 1. The van der Waals surface area contributed by atoms with E-state index in [-0.39, 0.29) is 28.5 Å². The molecule has 204 valence electrons. The normalized spacial score (nSPS) is 25.2. The summed E-state index contributed by atoms with van der Waals surface area (Å²) in [5, 5.41) is 13.1. The van der Waals surface area contributed by atoms with Crippen LogP contribution in [0.25, 0.3) is 10.9 Å². The van der Waals surface area contributed by atoms with E-state index in [4.69, 9.17) is 9.47 Å². The van der Waals surface area contributed by atoms with Crippen molar-refractivity contribution in [2.75, 3.05) is 20.2 Å². The maximum atomic E-state index is 13.5. The van der Waals surface area contributed by atoms with Crippen LogP contribution in [0, 0.1) is 27.4 Å². The molecule has 0 amide bonds. The topological polar surface area (TPSA) is 91.6 Å². The van der Waals surface area contributed by atoms with Crippen molar-refractivity contribution in [2.24, 2.45) is 17.3 Å². The molecular weight excluding hydrogens is 494 g/mol. The Morgan fingerprint density at radius 2 is 2.00 bits per heavy atom. The van der Waals surface area contributed by atoms with Gasteiger partial charge in [0.25, 0.3) is 0 Å². The summed E-state index contributed by atoms with van der Waals surface area (Å²) in [5.41, 5.74) is 1.62. The summed E-state index contributed by atoms with van der Waals surface area (Å²) in [6, 6.07) is 14.4. The summed E-state index contributed by atoms with van der Waals surface area (Å²) in [4.78, 5) is 30.0. The van der Waals surface area contributed by atoms with Crippen LogP contribution in [0.5, 0.6) is 5.75 Å². The van der Waals surface area contributed by atoms with Gasteiger partial charge >= 0.3 is 11.7 Å². The van der Waals surface area contributed by atoms with Crippen LogP contribution in [0.1, 0.15) is 45.3 Å². The summed E-state index contributed by atoms with van der Waals surface area (Å²) in [5.74, 6) is 0.929. The lowest BCUT2D eigenvalue weighted by Crippen LogP contribution is -2.70. The Bertz CT molecular complexity index is 1430. The highest BCUT2D eigenvalue weighted by Crippen LogP contribution is 2.52. The Hall–Kier alpha value is -3.78. The molecule has 0 aliphatic carbocycles. The lowest BCUT2D eigenvalue weighted by atomic mass is 9.70. The van der Waals surface area contributed by atoms with E-state index >= 15 is 0 Å². The van der Waals surface area contributed by atoms with Crippen LogP contribution in [-0.2, 0) is 9.53 Å². The molecule has 0 N–H and O–H groups in total. The van der Waals surface area contributed by atoms with E-state index in [0.29, 0.717) is 28.4 Å². The van der Waals surface area contributed by atoms with Gasteiger partial charge in [-0.1, -0.05) is 18.2 Å². The lowest BCUT2D eigenvalue weighted by molar-refractivity contribution is -0.385. The molecule has 0 spiro atoms. The summed E-state index contributed by atoms with van der Waals surface area (Å²) >= 11 is 0. The molecule has 2 bridgehead atoms. The van der Waals surface area contributed by atoms with Crippen LogP contribution in [0.4, 0.5) is 11.4 Å². The monoisotopic (exact) mass is 530 g/mol. The van der Waals surface area contributed by atoms with Gasteiger partial charge < -0.3 is 9.47 Å². The maximum absolute atomic E-state index is 13.5. The Morgan fingerprint density at radius 1 is 1.23 bits per heavy atom. The summed E-state index contributed by atoms with van der Waals surface area (Å²) in [6.07, 6.45) is 4.75. The molecule has 3 aliphatic rings. The number of carbonyl (C=O) groups excluding carboxylic acids is 1. The quantitative estimate of drug-likeness (QED) is 0.116. The zero-order valence-electron chi connectivity index (χ0n) is 23.0. The Morgan fingerprint density at radius 3 is 2.69 bits per heavy atom. The fraction of sp³-hybridized carbons (Fsp3) is 0.419. The molecule has 5 atom stereocenters. The molecule has 8 heteroatoms. The predicted octanol–water partition coefficient (Wildman–Crippen LogP) is 6.38. The first-order chi connectivity index (χ1) is 18.6. The molecule has 3 fully saturated rings. The van der Waals surface area contributed by atoms with Crippen LogP contribution in [0.15, 0.2) is 67.4 Å². The van der Waals surface area contributed by atoms with Gasteiger partial charge in [0.05, 0.1) is 36.1 Å². The van der Waals surface area contributed by atoms with Gasteiger partial charge in [-0.15, -0.1) is 6.58 Å². The number of quaternary nitrogens is 1. The van der Waals surface area contributed by atoms with Gasteiger partial charge in [-0.2, -0.15) is 0 Å². The Labute approximate surface area is 229 Å². The summed E-state index contributed by atoms with van der Waals surface area (Å²) < 4.78 is 12.4. The average Bonchev–Trinajstić information content (AvgIpc) is 2.94. The molecule has 39 heavy (non-hydrogen) atoms. The zero-order chi connectivity index (χ0) is 27.9. The van der Waals surface area contributed by atoms with E-state index in [9.17, 15) is 14.9 Å². The zero-order valence-corrected chi connectivity index (χ0v) is 23.0. The van der Waals surface area contributed by atoms with Crippen LogP contribution in [-0.4, -0.2) is 42.1 Å². The van der Waals surface area contributed by atoms with Gasteiger partial charge in [-0.05, 0) is 51.0 Å². The number of methoxy groups -OCH3 is 1. The Kier molecular flexibility index (Phi) is 6.93. The van der Waals surface area contributed by atoms with Crippen molar-refractivity contribution in [3.8, 4) is 5.75 Å². The fourth-order valence-electron chi connectivity index (χ4n) is 6.54. The second-order valence-electron chi connectivity index (χ2n) is 11.8. The predicted molar refractivity (Wildman–Crippen MR) is 151 cm³/mol. The first-order valence-corrected chi connectivity index (χ1v) is 13.5. The van der Waals surface area contributed by atoms with Crippen molar-refractivity contribution in [1.29, 1.82) is 0 Å². The van der Waals surface area contributed by atoms with E-state index < -0.39 is 11.5 Å². The number of hydrogen-bond acceptors (Lipinski definition) is 6. The molecule has 2 aromatic carbocycles.